The summed E-state index contributed by atoms with van der Waals surface area (Å²) in [5.74, 6) is -0.795. The van der Waals surface area contributed by atoms with Crippen LogP contribution in [-0.2, 0) is 14.8 Å². The lowest BCUT2D eigenvalue weighted by Gasteiger charge is -2.30. The molecule has 2 aromatic carbocycles. The van der Waals surface area contributed by atoms with Gasteiger partial charge in [-0.25, -0.2) is 8.42 Å². The average Bonchev–Trinajstić information content (AvgIpc) is 2.70. The van der Waals surface area contributed by atoms with Crippen LogP contribution in [0.3, 0.4) is 0 Å². The van der Waals surface area contributed by atoms with Crippen molar-refractivity contribution in [3.63, 3.8) is 0 Å². The van der Waals surface area contributed by atoms with Crippen LogP contribution in [-0.4, -0.2) is 39.1 Å². The second kappa shape index (κ2) is 10.1. The second-order valence-corrected chi connectivity index (χ2v) is 8.47. The van der Waals surface area contributed by atoms with E-state index in [1.54, 1.807) is 61.5 Å². The fraction of sp³-hybridized carbons (Fsp3) is 0.333. The molecule has 0 spiro atoms. The molecule has 2 aromatic rings. The molecule has 7 nitrogen and oxygen atoms in total. The number of carbonyl (C=O) groups excluding carboxylic acids is 2. The number of nitrogens with zero attached hydrogens (tertiary/aromatic N) is 1. The lowest BCUT2D eigenvalue weighted by molar-refractivity contribution is -0.117. The molecule has 0 aromatic heterocycles. The Morgan fingerprint density at radius 2 is 1.62 bits per heavy atom. The Balaban J connectivity index is 2.34. The highest BCUT2D eigenvalue weighted by molar-refractivity contribution is 7.92. The Bertz CT molecular complexity index is 945. The van der Waals surface area contributed by atoms with Gasteiger partial charge in [-0.15, -0.1) is 0 Å². The summed E-state index contributed by atoms with van der Waals surface area (Å²) in [6.07, 6.45) is 2.12. The molecule has 1 unspecified atom stereocenters. The fourth-order valence-corrected chi connectivity index (χ4v) is 4.19. The van der Waals surface area contributed by atoms with Gasteiger partial charge in [0.25, 0.3) is 5.91 Å². The van der Waals surface area contributed by atoms with Crippen LogP contribution in [0, 0.1) is 0 Å². The van der Waals surface area contributed by atoms with Gasteiger partial charge in [0.15, 0.2) is 0 Å². The van der Waals surface area contributed by atoms with Gasteiger partial charge in [0, 0.05) is 6.54 Å². The van der Waals surface area contributed by atoms with E-state index in [0.29, 0.717) is 23.5 Å². The van der Waals surface area contributed by atoms with Crippen molar-refractivity contribution in [3.05, 3.63) is 60.2 Å². The zero-order valence-electron chi connectivity index (χ0n) is 16.9. The minimum Gasteiger partial charge on any atom is -0.352 e. The van der Waals surface area contributed by atoms with Crippen molar-refractivity contribution in [1.82, 2.24) is 5.32 Å². The van der Waals surface area contributed by atoms with Crippen molar-refractivity contribution >= 4 is 33.2 Å². The molecule has 2 N–H and O–H groups in total. The van der Waals surface area contributed by atoms with Crippen LogP contribution in [0.5, 0.6) is 0 Å². The molecule has 29 heavy (non-hydrogen) atoms. The van der Waals surface area contributed by atoms with E-state index in [9.17, 15) is 18.0 Å². The number of amides is 2. The molecule has 0 aliphatic heterocycles. The van der Waals surface area contributed by atoms with Gasteiger partial charge in [0.05, 0.1) is 23.2 Å². The summed E-state index contributed by atoms with van der Waals surface area (Å²) in [5, 5.41) is 5.52. The maximum atomic E-state index is 13.0. The molecule has 2 rings (SSSR count). The van der Waals surface area contributed by atoms with Crippen molar-refractivity contribution in [2.24, 2.45) is 0 Å². The van der Waals surface area contributed by atoms with Crippen molar-refractivity contribution in [1.29, 1.82) is 0 Å². The third-order valence-electron chi connectivity index (χ3n) is 4.31. The molecular formula is C21H27N3O4S. The largest absolute Gasteiger partial charge is 0.352 e. The fourth-order valence-electron chi connectivity index (χ4n) is 2.98. The summed E-state index contributed by atoms with van der Waals surface area (Å²) in [7, 11) is -3.71. The van der Waals surface area contributed by atoms with Gasteiger partial charge in [-0.2, -0.15) is 0 Å². The standard InChI is InChI=1S/C21H27N3O4S/c1-4-15-22-20(25)17-13-9-10-14-18(17)23-21(26)19(5-2)24(29(3,27)28)16-11-7-6-8-12-16/h6-14,19H,4-5,15H2,1-3H3,(H,22,25)(H,23,26). The molecule has 0 aliphatic rings. The van der Waals surface area contributed by atoms with E-state index in [2.05, 4.69) is 10.6 Å². The first-order valence-corrected chi connectivity index (χ1v) is 11.4. The SMILES string of the molecule is CCCNC(=O)c1ccccc1NC(=O)C(CC)N(c1ccccc1)S(C)(=O)=O. The molecule has 156 valence electrons. The molecule has 0 heterocycles. The number of benzene rings is 2. The number of anilines is 2. The van der Waals surface area contributed by atoms with Gasteiger partial charge in [-0.3, -0.25) is 13.9 Å². The van der Waals surface area contributed by atoms with Gasteiger partial charge in [-0.05, 0) is 37.1 Å². The first-order chi connectivity index (χ1) is 13.8. The van der Waals surface area contributed by atoms with Crippen LogP contribution in [0.25, 0.3) is 0 Å². The van der Waals surface area contributed by atoms with Gasteiger partial charge in [0.2, 0.25) is 15.9 Å². The smallest absolute Gasteiger partial charge is 0.253 e. The average molecular weight is 418 g/mol. The highest BCUT2D eigenvalue weighted by atomic mass is 32.2. The number of carbonyl (C=O) groups is 2. The maximum absolute atomic E-state index is 13.0. The van der Waals surface area contributed by atoms with Crippen LogP contribution in [0.1, 0.15) is 37.0 Å². The van der Waals surface area contributed by atoms with Crippen LogP contribution in [0.2, 0.25) is 0 Å². The number of para-hydroxylation sites is 2. The molecule has 8 heteroatoms. The zero-order chi connectivity index (χ0) is 21.4. The molecule has 0 saturated heterocycles. The summed E-state index contributed by atoms with van der Waals surface area (Å²) < 4.78 is 26.0. The van der Waals surface area contributed by atoms with Crippen LogP contribution >= 0.6 is 0 Å². The molecule has 0 saturated carbocycles. The first kappa shape index (κ1) is 22.4. The lowest BCUT2D eigenvalue weighted by atomic mass is 10.1. The van der Waals surface area contributed by atoms with Crippen LogP contribution in [0.4, 0.5) is 11.4 Å². The summed E-state index contributed by atoms with van der Waals surface area (Å²) in [4.78, 5) is 25.4. The minimum absolute atomic E-state index is 0.262. The number of hydrogen-bond acceptors (Lipinski definition) is 4. The normalized spacial score (nSPS) is 12.1. The molecule has 0 aliphatic carbocycles. The van der Waals surface area contributed by atoms with Crippen LogP contribution < -0.4 is 14.9 Å². The highest BCUT2D eigenvalue weighted by Crippen LogP contribution is 2.23. The lowest BCUT2D eigenvalue weighted by Crippen LogP contribution is -2.47. The van der Waals surface area contributed by atoms with Crippen molar-refractivity contribution < 1.29 is 18.0 Å². The second-order valence-electron chi connectivity index (χ2n) is 6.61. The minimum atomic E-state index is -3.71. The Hall–Kier alpha value is -2.87. The third-order valence-corrected chi connectivity index (χ3v) is 5.49. The Labute approximate surface area is 172 Å². The molecule has 0 bridgehead atoms. The molecule has 1 atom stereocenters. The van der Waals surface area contributed by atoms with Crippen molar-refractivity contribution in [2.45, 2.75) is 32.7 Å². The highest BCUT2D eigenvalue weighted by Gasteiger charge is 2.31. The van der Waals surface area contributed by atoms with Gasteiger partial charge < -0.3 is 10.6 Å². The predicted molar refractivity (Wildman–Crippen MR) is 116 cm³/mol. The molecule has 0 fully saturated rings. The van der Waals surface area contributed by atoms with E-state index in [4.69, 9.17) is 0 Å². The molecular weight excluding hydrogens is 390 g/mol. The van der Waals surface area contributed by atoms with E-state index < -0.39 is 22.0 Å². The first-order valence-electron chi connectivity index (χ1n) is 9.52. The quantitative estimate of drug-likeness (QED) is 0.656. The molecule has 0 radical (unpaired) electrons. The van der Waals surface area contributed by atoms with Gasteiger partial charge in [-0.1, -0.05) is 44.2 Å². The zero-order valence-corrected chi connectivity index (χ0v) is 17.7. The number of sulfonamides is 1. The predicted octanol–water partition coefficient (Wildman–Crippen LogP) is 3.01. The Kier molecular flexibility index (Phi) is 7.78. The van der Waals surface area contributed by atoms with Crippen molar-refractivity contribution in [3.8, 4) is 0 Å². The Morgan fingerprint density at radius 1 is 1.00 bits per heavy atom. The van der Waals surface area contributed by atoms with E-state index in [1.807, 2.05) is 6.92 Å². The monoisotopic (exact) mass is 417 g/mol. The molecule has 2 amide bonds. The summed E-state index contributed by atoms with van der Waals surface area (Å²) in [6, 6.07) is 14.2. The third kappa shape index (κ3) is 5.80. The van der Waals surface area contributed by atoms with E-state index in [1.165, 1.54) is 0 Å². The maximum Gasteiger partial charge on any atom is 0.253 e. The Morgan fingerprint density at radius 3 is 2.21 bits per heavy atom. The van der Waals surface area contributed by atoms with Gasteiger partial charge in [0.1, 0.15) is 6.04 Å². The number of rotatable bonds is 9. The van der Waals surface area contributed by atoms with E-state index in [0.717, 1.165) is 17.0 Å². The summed E-state index contributed by atoms with van der Waals surface area (Å²) >= 11 is 0. The van der Waals surface area contributed by atoms with Crippen LogP contribution in [0.15, 0.2) is 54.6 Å². The number of hydrogen-bond donors (Lipinski definition) is 2. The van der Waals surface area contributed by atoms with Gasteiger partial charge >= 0.3 is 0 Å². The van der Waals surface area contributed by atoms with E-state index >= 15 is 0 Å². The van der Waals surface area contributed by atoms with E-state index in [-0.39, 0.29) is 12.3 Å². The number of nitrogens with one attached hydrogen (secondary N) is 2. The topological polar surface area (TPSA) is 95.6 Å². The summed E-state index contributed by atoms with van der Waals surface area (Å²) in [6.45, 7) is 4.21. The summed E-state index contributed by atoms with van der Waals surface area (Å²) in [5.41, 5.74) is 1.08. The van der Waals surface area contributed by atoms with Crippen molar-refractivity contribution in [2.75, 3.05) is 22.4 Å².